The van der Waals surface area contributed by atoms with E-state index in [-0.39, 0.29) is 54.2 Å². The number of benzene rings is 1. The van der Waals surface area contributed by atoms with Crippen molar-refractivity contribution in [2.45, 2.75) is 37.9 Å². The van der Waals surface area contributed by atoms with Crippen molar-refractivity contribution in [1.82, 2.24) is 13.5 Å². The Hall–Kier alpha value is -2.52. The van der Waals surface area contributed by atoms with Crippen molar-refractivity contribution in [3.8, 4) is 0 Å². The molecule has 0 saturated carbocycles. The van der Waals surface area contributed by atoms with Crippen molar-refractivity contribution in [3.63, 3.8) is 0 Å². The van der Waals surface area contributed by atoms with Gasteiger partial charge in [0.25, 0.3) is 15.9 Å². The second kappa shape index (κ2) is 9.74. The Morgan fingerprint density at radius 1 is 1.31 bits per heavy atom. The van der Waals surface area contributed by atoms with Gasteiger partial charge in [0.15, 0.2) is 0 Å². The Bertz CT molecular complexity index is 1210. The van der Waals surface area contributed by atoms with Crippen LogP contribution in [-0.2, 0) is 31.1 Å². The van der Waals surface area contributed by atoms with E-state index in [9.17, 15) is 33.2 Å². The fraction of sp³-hybridized carbons (Fsp3) is 0.545. The van der Waals surface area contributed by atoms with Gasteiger partial charge in [0.1, 0.15) is 12.3 Å². The average molecular weight is 541 g/mol. The van der Waals surface area contributed by atoms with E-state index in [1.807, 2.05) is 6.92 Å². The zero-order valence-corrected chi connectivity index (χ0v) is 21.9. The van der Waals surface area contributed by atoms with Crippen LogP contribution in [0.15, 0.2) is 34.9 Å². The number of nitrogens with zero attached hydrogens (tertiary/aromatic N) is 4. The third-order valence-corrected chi connectivity index (χ3v) is 10.0. The van der Waals surface area contributed by atoms with E-state index in [0.717, 1.165) is 4.31 Å². The van der Waals surface area contributed by atoms with E-state index in [2.05, 4.69) is 0 Å². The highest BCUT2D eigenvalue weighted by atomic mass is 32.2. The molecule has 1 aromatic carbocycles. The number of nitro groups is 1. The number of hydrogen-bond donors (Lipinski definition) is 1. The Kier molecular flexibility index (Phi) is 7.18. The minimum atomic E-state index is -3.53. The van der Waals surface area contributed by atoms with Crippen LogP contribution in [0.1, 0.15) is 19.4 Å². The standard InChI is InChI=1S/C22H28N4O8S2/c1-12-18-17(13(2)27)21(28)25(18)19(20(12)35-16-9-24(10-16)36(32,33)23(3)4)22(29)34-11-14-5-7-15(8-6-14)26(30)31/h5-8,12-13,16-18,27H,9-11H2,1-4H3/t12-,13-,17-,18-/m1/s1. The summed E-state index contributed by atoms with van der Waals surface area (Å²) in [6.45, 7) is 3.82. The van der Waals surface area contributed by atoms with Crippen molar-refractivity contribution in [2.24, 2.45) is 11.8 Å². The monoisotopic (exact) mass is 540 g/mol. The molecule has 2 fully saturated rings. The lowest BCUT2D eigenvalue weighted by Crippen LogP contribution is -2.63. The number of rotatable bonds is 9. The van der Waals surface area contributed by atoms with Gasteiger partial charge in [0.2, 0.25) is 5.91 Å². The number of fused-ring (bicyclic) bond motifs is 1. The number of aliphatic hydroxyl groups is 1. The van der Waals surface area contributed by atoms with Gasteiger partial charge in [0, 0.05) is 55.4 Å². The maximum Gasteiger partial charge on any atom is 0.356 e. The summed E-state index contributed by atoms with van der Waals surface area (Å²) in [4.78, 5) is 38.4. The summed E-state index contributed by atoms with van der Waals surface area (Å²) < 4.78 is 32.6. The summed E-state index contributed by atoms with van der Waals surface area (Å²) in [5.41, 5.74) is 0.585. The smallest absolute Gasteiger partial charge is 0.356 e. The molecule has 14 heteroatoms. The summed E-state index contributed by atoms with van der Waals surface area (Å²) in [6, 6.07) is 5.22. The fourth-order valence-corrected chi connectivity index (χ4v) is 7.58. The maximum absolute atomic E-state index is 13.2. The van der Waals surface area contributed by atoms with Crippen LogP contribution >= 0.6 is 11.8 Å². The number of nitro benzene ring substituents is 1. The number of β-lactam (4-membered cyclic amide) rings is 1. The molecule has 196 valence electrons. The molecule has 4 atom stereocenters. The fourth-order valence-electron chi connectivity index (χ4n) is 4.67. The van der Waals surface area contributed by atoms with Gasteiger partial charge < -0.3 is 14.7 Å². The zero-order chi connectivity index (χ0) is 26.5. The molecule has 3 aliphatic heterocycles. The Morgan fingerprint density at radius 3 is 2.44 bits per heavy atom. The van der Waals surface area contributed by atoms with Gasteiger partial charge in [-0.3, -0.25) is 14.9 Å². The molecule has 0 unspecified atom stereocenters. The van der Waals surface area contributed by atoms with Crippen LogP contribution in [0.4, 0.5) is 5.69 Å². The first kappa shape index (κ1) is 26.5. The largest absolute Gasteiger partial charge is 0.456 e. The molecule has 0 spiro atoms. The van der Waals surface area contributed by atoms with Crippen molar-refractivity contribution >= 4 is 39.5 Å². The van der Waals surface area contributed by atoms with E-state index in [0.29, 0.717) is 10.5 Å². The lowest BCUT2D eigenvalue weighted by atomic mass is 9.79. The van der Waals surface area contributed by atoms with Gasteiger partial charge in [0.05, 0.1) is 23.0 Å². The highest BCUT2D eigenvalue weighted by Crippen LogP contribution is 2.52. The van der Waals surface area contributed by atoms with Crippen LogP contribution < -0.4 is 0 Å². The van der Waals surface area contributed by atoms with Gasteiger partial charge in [-0.15, -0.1) is 11.8 Å². The first-order chi connectivity index (χ1) is 16.8. The molecule has 1 aromatic rings. The third kappa shape index (κ3) is 4.52. The van der Waals surface area contributed by atoms with E-state index < -0.39 is 33.1 Å². The molecule has 1 amide bonds. The molecule has 0 aromatic heterocycles. The number of ether oxygens (including phenoxy) is 1. The van der Waals surface area contributed by atoms with Crippen molar-refractivity contribution in [3.05, 3.63) is 50.5 Å². The molecule has 0 radical (unpaired) electrons. The molecular weight excluding hydrogens is 512 g/mol. The Morgan fingerprint density at radius 2 is 1.92 bits per heavy atom. The van der Waals surface area contributed by atoms with Crippen LogP contribution in [0, 0.1) is 22.0 Å². The molecule has 3 heterocycles. The number of esters is 1. The number of carbonyl (C=O) groups excluding carboxylic acids is 2. The summed E-state index contributed by atoms with van der Waals surface area (Å²) in [7, 11) is -0.607. The van der Waals surface area contributed by atoms with E-state index in [1.54, 1.807) is 6.92 Å². The molecule has 0 bridgehead atoms. The summed E-state index contributed by atoms with van der Waals surface area (Å²) in [5.74, 6) is -1.94. The van der Waals surface area contributed by atoms with Gasteiger partial charge in [-0.1, -0.05) is 6.92 Å². The Labute approximate surface area is 213 Å². The van der Waals surface area contributed by atoms with Gasteiger partial charge in [-0.2, -0.15) is 17.0 Å². The predicted molar refractivity (Wildman–Crippen MR) is 130 cm³/mol. The van der Waals surface area contributed by atoms with Crippen molar-refractivity contribution < 1.29 is 32.8 Å². The van der Waals surface area contributed by atoms with Crippen LogP contribution in [0.3, 0.4) is 0 Å². The van der Waals surface area contributed by atoms with Crippen LogP contribution in [0.5, 0.6) is 0 Å². The molecular formula is C22H28N4O8S2. The van der Waals surface area contributed by atoms with Crippen molar-refractivity contribution in [1.29, 1.82) is 0 Å². The minimum Gasteiger partial charge on any atom is -0.456 e. The normalized spacial score (nSPS) is 25.4. The van der Waals surface area contributed by atoms with Crippen LogP contribution in [0.25, 0.3) is 0 Å². The second-order valence-electron chi connectivity index (χ2n) is 9.31. The van der Waals surface area contributed by atoms with Crippen LogP contribution in [0.2, 0.25) is 0 Å². The predicted octanol–water partition coefficient (Wildman–Crippen LogP) is 0.931. The molecule has 4 rings (SSSR count). The first-order valence-corrected chi connectivity index (χ1v) is 13.6. The topological polar surface area (TPSA) is 151 Å². The number of aliphatic hydroxyl groups excluding tert-OH is 1. The summed E-state index contributed by atoms with van der Waals surface area (Å²) >= 11 is 1.36. The molecule has 1 N–H and O–H groups in total. The number of non-ortho nitro benzene ring substituents is 1. The minimum absolute atomic E-state index is 0.0832. The Balaban J connectivity index is 1.52. The molecule has 0 aliphatic carbocycles. The number of carbonyl (C=O) groups is 2. The quantitative estimate of drug-likeness (QED) is 0.209. The highest BCUT2D eigenvalue weighted by Gasteiger charge is 2.60. The van der Waals surface area contributed by atoms with E-state index in [1.165, 1.54) is 59.3 Å². The molecule has 12 nitrogen and oxygen atoms in total. The molecule has 2 saturated heterocycles. The molecule has 3 aliphatic rings. The van der Waals surface area contributed by atoms with Crippen LogP contribution in [-0.4, -0.2) is 88.4 Å². The zero-order valence-electron chi connectivity index (χ0n) is 20.2. The highest BCUT2D eigenvalue weighted by molar-refractivity contribution is 8.04. The number of amides is 1. The first-order valence-electron chi connectivity index (χ1n) is 11.3. The second-order valence-corrected chi connectivity index (χ2v) is 12.8. The van der Waals surface area contributed by atoms with Gasteiger partial charge in [-0.25, -0.2) is 4.79 Å². The summed E-state index contributed by atoms with van der Waals surface area (Å²) in [6.07, 6.45) is -0.882. The lowest BCUT2D eigenvalue weighted by molar-refractivity contribution is -0.384. The third-order valence-electron chi connectivity index (χ3n) is 6.71. The average Bonchev–Trinajstić information content (AvgIpc) is 3.01. The number of hydrogen-bond acceptors (Lipinski definition) is 9. The van der Waals surface area contributed by atoms with Gasteiger partial charge in [-0.05, 0) is 24.6 Å². The summed E-state index contributed by atoms with van der Waals surface area (Å²) in [5, 5.41) is 20.9. The van der Waals surface area contributed by atoms with E-state index >= 15 is 0 Å². The van der Waals surface area contributed by atoms with E-state index in [4.69, 9.17) is 4.74 Å². The maximum atomic E-state index is 13.2. The van der Waals surface area contributed by atoms with Crippen molar-refractivity contribution in [2.75, 3.05) is 27.2 Å². The number of thioether (sulfide) groups is 1. The molecule has 36 heavy (non-hydrogen) atoms. The SMILES string of the molecule is C[C@@H](O)[C@H]1C(=O)N2C(C(=O)OCc3ccc([N+](=O)[O-])cc3)=C(SC3CN(S(=O)(=O)N(C)C)C3)[C@H](C)[C@H]12. The van der Waals surface area contributed by atoms with Gasteiger partial charge >= 0.3 is 5.97 Å². The lowest BCUT2D eigenvalue weighted by Gasteiger charge is -2.46.